The summed E-state index contributed by atoms with van der Waals surface area (Å²) in [4.78, 5) is 14.3. The Morgan fingerprint density at radius 1 is 1.23 bits per heavy atom. The van der Waals surface area contributed by atoms with Crippen molar-refractivity contribution in [2.75, 3.05) is 18.3 Å². The topological polar surface area (TPSA) is 109 Å². The van der Waals surface area contributed by atoms with Crippen molar-refractivity contribution < 1.29 is 28.0 Å². The number of carbonyl (C=O) groups is 1. The van der Waals surface area contributed by atoms with Crippen molar-refractivity contribution in [2.24, 2.45) is 0 Å². The molecule has 0 saturated heterocycles. The SMILES string of the molecule is CC1CN(C)C(=O)c2cc(Br)c(O)c(c2)[S+]([O-])Nc2cc(c(F)cc2F)-c2cc(C#N)ccc2O1. The first-order valence-corrected chi connectivity index (χ1v) is 12.2. The lowest BCUT2D eigenvalue weighted by atomic mass is 10.0. The number of fused-ring (bicyclic) bond motifs is 6. The predicted molar refractivity (Wildman–Crippen MR) is 129 cm³/mol. The van der Waals surface area contributed by atoms with Crippen LogP contribution in [0.4, 0.5) is 14.5 Å². The molecule has 3 aromatic carbocycles. The van der Waals surface area contributed by atoms with Crippen molar-refractivity contribution >= 4 is 38.9 Å². The second-order valence-electron chi connectivity index (χ2n) is 7.92. The van der Waals surface area contributed by atoms with E-state index in [-0.39, 0.29) is 49.6 Å². The first-order valence-electron chi connectivity index (χ1n) is 10.3. The van der Waals surface area contributed by atoms with Crippen molar-refractivity contribution in [2.45, 2.75) is 17.9 Å². The Hall–Kier alpha value is -3.33. The maximum absolute atomic E-state index is 14.9. The van der Waals surface area contributed by atoms with Crippen LogP contribution >= 0.6 is 15.9 Å². The van der Waals surface area contributed by atoms with Crippen molar-refractivity contribution in [1.29, 1.82) is 5.26 Å². The molecule has 35 heavy (non-hydrogen) atoms. The highest BCUT2D eigenvalue weighted by atomic mass is 79.9. The molecule has 2 N–H and O–H groups in total. The number of aromatic hydroxyl groups is 1. The van der Waals surface area contributed by atoms with Gasteiger partial charge in [0.1, 0.15) is 34.7 Å². The molecular weight excluding hydrogens is 544 g/mol. The molecule has 0 spiro atoms. The number of anilines is 1. The molecule has 1 amide bonds. The van der Waals surface area contributed by atoms with E-state index in [2.05, 4.69) is 20.7 Å². The molecule has 0 saturated carbocycles. The molecule has 1 aliphatic rings. The highest BCUT2D eigenvalue weighted by Gasteiger charge is 2.27. The molecule has 1 heterocycles. The zero-order valence-electron chi connectivity index (χ0n) is 18.4. The highest BCUT2D eigenvalue weighted by molar-refractivity contribution is 9.10. The number of likely N-dealkylation sites (N-methyl/N-ethyl adjacent to an activating group) is 1. The van der Waals surface area contributed by atoms with Crippen molar-refractivity contribution in [1.82, 2.24) is 4.90 Å². The van der Waals surface area contributed by atoms with Crippen LogP contribution in [0.2, 0.25) is 0 Å². The van der Waals surface area contributed by atoms with Gasteiger partial charge in [0.15, 0.2) is 11.6 Å². The predicted octanol–water partition coefficient (Wildman–Crippen LogP) is 4.96. The third kappa shape index (κ3) is 4.91. The smallest absolute Gasteiger partial charge is 0.253 e. The Morgan fingerprint density at radius 2 is 1.97 bits per heavy atom. The molecule has 180 valence electrons. The van der Waals surface area contributed by atoms with E-state index in [4.69, 9.17) is 4.74 Å². The molecule has 4 rings (SSSR count). The van der Waals surface area contributed by atoms with Gasteiger partial charge in [0, 0.05) is 35.9 Å². The van der Waals surface area contributed by atoms with Gasteiger partial charge >= 0.3 is 0 Å². The van der Waals surface area contributed by atoms with Crippen LogP contribution in [-0.4, -0.2) is 40.2 Å². The summed E-state index contributed by atoms with van der Waals surface area (Å²) >= 11 is 0.924. The van der Waals surface area contributed by atoms with E-state index in [1.807, 2.05) is 6.07 Å². The number of hydrogen-bond donors (Lipinski definition) is 2. The van der Waals surface area contributed by atoms with E-state index >= 15 is 0 Å². The molecule has 0 aromatic heterocycles. The number of phenols is 1. The third-order valence-electron chi connectivity index (χ3n) is 5.34. The number of rotatable bonds is 0. The lowest BCUT2D eigenvalue weighted by Gasteiger charge is -2.24. The molecule has 0 fully saturated rings. The first-order chi connectivity index (χ1) is 16.6. The van der Waals surface area contributed by atoms with Crippen LogP contribution in [0, 0.1) is 23.0 Å². The Kier molecular flexibility index (Phi) is 6.89. The summed E-state index contributed by atoms with van der Waals surface area (Å²) in [5.41, 5.74) is 0.114. The van der Waals surface area contributed by atoms with Gasteiger partial charge in [-0.15, -0.1) is 0 Å². The molecule has 2 atom stereocenters. The van der Waals surface area contributed by atoms with Crippen molar-refractivity contribution in [3.8, 4) is 28.7 Å². The minimum absolute atomic E-state index is 0.0938. The number of nitrogens with zero attached hydrogens (tertiary/aromatic N) is 2. The summed E-state index contributed by atoms with van der Waals surface area (Å²) in [6, 6.07) is 10.7. The Balaban J connectivity index is 1.94. The summed E-state index contributed by atoms with van der Waals surface area (Å²) in [6.45, 7) is 1.84. The first kappa shape index (κ1) is 24.8. The fraction of sp³-hybridized carbons (Fsp3) is 0.167. The molecule has 7 nitrogen and oxygen atoms in total. The largest absolute Gasteiger partial charge is 0.588 e. The zero-order chi connectivity index (χ0) is 25.4. The minimum atomic E-state index is -2.23. The Morgan fingerprint density at radius 3 is 2.69 bits per heavy atom. The van der Waals surface area contributed by atoms with Crippen LogP contribution in [-0.2, 0) is 11.4 Å². The quantitative estimate of drug-likeness (QED) is 0.375. The van der Waals surface area contributed by atoms with E-state index < -0.39 is 40.8 Å². The Bertz CT molecular complexity index is 1380. The van der Waals surface area contributed by atoms with Crippen LogP contribution in [0.15, 0.2) is 51.8 Å². The average Bonchev–Trinajstić information content (AvgIpc) is 2.81. The fourth-order valence-electron chi connectivity index (χ4n) is 3.68. The van der Waals surface area contributed by atoms with E-state index in [0.29, 0.717) is 6.07 Å². The van der Waals surface area contributed by atoms with Gasteiger partial charge < -0.3 is 19.3 Å². The number of benzene rings is 3. The van der Waals surface area contributed by atoms with E-state index in [1.54, 1.807) is 14.0 Å². The molecule has 4 bridgehead atoms. The van der Waals surface area contributed by atoms with Gasteiger partial charge in [-0.25, -0.2) is 13.5 Å². The maximum atomic E-state index is 14.9. The van der Waals surface area contributed by atoms with Gasteiger partial charge in [-0.3, -0.25) is 4.79 Å². The van der Waals surface area contributed by atoms with Gasteiger partial charge in [0.25, 0.3) is 5.91 Å². The number of amides is 1. The van der Waals surface area contributed by atoms with Gasteiger partial charge in [-0.05, 0) is 53.2 Å². The summed E-state index contributed by atoms with van der Waals surface area (Å²) in [5.74, 6) is -2.57. The summed E-state index contributed by atoms with van der Waals surface area (Å²) in [7, 11) is 1.55. The van der Waals surface area contributed by atoms with Gasteiger partial charge in [-0.1, -0.05) is 0 Å². The Labute approximate surface area is 211 Å². The van der Waals surface area contributed by atoms with Crippen molar-refractivity contribution in [3.63, 3.8) is 0 Å². The zero-order valence-corrected chi connectivity index (χ0v) is 20.8. The van der Waals surface area contributed by atoms with Crippen LogP contribution in [0.1, 0.15) is 22.8 Å². The molecule has 0 aliphatic carbocycles. The van der Waals surface area contributed by atoms with Crippen LogP contribution in [0.25, 0.3) is 11.1 Å². The van der Waals surface area contributed by atoms with Gasteiger partial charge in [0.2, 0.25) is 4.90 Å². The number of phenolic OH excluding ortho intramolecular Hbond substituents is 1. The van der Waals surface area contributed by atoms with Gasteiger partial charge in [0.05, 0.1) is 22.7 Å². The average molecular weight is 562 g/mol. The number of hydrogen-bond acceptors (Lipinski definition) is 6. The molecular formula is C24H18BrF2N3O4S. The van der Waals surface area contributed by atoms with E-state index in [0.717, 1.165) is 6.07 Å². The second kappa shape index (κ2) is 9.73. The van der Waals surface area contributed by atoms with Crippen LogP contribution in [0.3, 0.4) is 0 Å². The second-order valence-corrected chi connectivity index (χ2v) is 9.96. The number of ether oxygens (including phenoxy) is 1. The minimum Gasteiger partial charge on any atom is -0.588 e. The van der Waals surface area contributed by atoms with Crippen molar-refractivity contribution in [3.05, 3.63) is 69.7 Å². The molecule has 0 radical (unpaired) electrons. The molecule has 3 aromatic rings. The highest BCUT2D eigenvalue weighted by Crippen LogP contribution is 2.38. The molecule has 2 unspecified atom stereocenters. The van der Waals surface area contributed by atoms with E-state index in [9.17, 15) is 28.5 Å². The summed E-state index contributed by atoms with van der Waals surface area (Å²) < 4.78 is 51.2. The third-order valence-corrected chi connectivity index (χ3v) is 7.06. The maximum Gasteiger partial charge on any atom is 0.253 e. The van der Waals surface area contributed by atoms with Crippen LogP contribution < -0.4 is 9.46 Å². The van der Waals surface area contributed by atoms with Crippen LogP contribution in [0.5, 0.6) is 11.5 Å². The number of nitriles is 1. The molecule has 1 aliphatic heterocycles. The van der Waals surface area contributed by atoms with Gasteiger partial charge in [-0.2, -0.15) is 5.26 Å². The number of nitrogens with one attached hydrogen (secondary N) is 1. The number of carbonyl (C=O) groups excluding carboxylic acids is 1. The summed E-state index contributed by atoms with van der Waals surface area (Å²) in [6.07, 6.45) is -0.559. The standard InChI is InChI=1S/C24H18BrF2N3O4S/c1-12-11-30(2)24(32)14-6-17(25)23(31)22(7-14)35(33)29-20-8-15(18(26)9-19(20)27)16-5-13(10-28)3-4-21(16)34-12/h3-9,12,29,31H,11H2,1-2H3. The fourth-order valence-corrected chi connectivity index (χ4v) is 5.26. The lowest BCUT2D eigenvalue weighted by Crippen LogP contribution is -2.35. The molecule has 11 heteroatoms. The van der Waals surface area contributed by atoms with E-state index in [1.165, 1.54) is 35.2 Å². The monoisotopic (exact) mass is 561 g/mol. The normalized spacial score (nSPS) is 17.9. The summed E-state index contributed by atoms with van der Waals surface area (Å²) in [5, 5.41) is 19.8. The number of halogens is 3. The lowest BCUT2D eigenvalue weighted by molar-refractivity contribution is 0.0727.